The molecule has 9 nitrogen and oxygen atoms in total. The molecule has 0 saturated carbocycles. The molecule has 39 heavy (non-hydrogen) atoms. The maximum absolute atomic E-state index is 14.4. The number of alkyl halides is 1. The van der Waals surface area contributed by atoms with Crippen LogP contribution in [0.2, 0.25) is 5.02 Å². The molecular formula is C28H37ClFN5O4. The number of piperidine rings is 1. The number of likely N-dealkylation sites (tertiary alicyclic amines) is 1. The number of carbonyl (C=O) groups excluding carboxylic acids is 2. The standard InChI is InChI=1S/C28H37ClFN5O4/c1-19-23(29)3-2-4-24(19)32-11-13-33(14-12-32)26(37)18-35-25-6-5-20(30)17-22(25)27(31-35)28(38)34-9-7-21(8-10-34)39-16-15-36/h2-4,20-21,36H,5-18H2,1H3. The summed E-state index contributed by atoms with van der Waals surface area (Å²) < 4.78 is 21.7. The Balaban J connectivity index is 1.25. The number of aliphatic hydroxyl groups is 1. The van der Waals surface area contributed by atoms with Gasteiger partial charge in [0.1, 0.15) is 12.7 Å². The Morgan fingerprint density at radius 3 is 2.56 bits per heavy atom. The summed E-state index contributed by atoms with van der Waals surface area (Å²) in [5.74, 6) is -0.261. The number of piperazine rings is 1. The van der Waals surface area contributed by atoms with Gasteiger partial charge in [-0.05, 0) is 50.3 Å². The zero-order chi connectivity index (χ0) is 27.5. The Morgan fingerprint density at radius 2 is 1.85 bits per heavy atom. The van der Waals surface area contributed by atoms with E-state index in [0.29, 0.717) is 70.5 Å². The average molecular weight is 562 g/mol. The number of anilines is 1. The van der Waals surface area contributed by atoms with Gasteiger partial charge >= 0.3 is 0 Å². The number of benzene rings is 1. The van der Waals surface area contributed by atoms with Gasteiger partial charge in [-0.25, -0.2) is 4.39 Å². The van der Waals surface area contributed by atoms with Crippen molar-refractivity contribution in [3.63, 3.8) is 0 Å². The van der Waals surface area contributed by atoms with Crippen LogP contribution in [0.4, 0.5) is 10.1 Å². The minimum absolute atomic E-state index is 0.0174. The summed E-state index contributed by atoms with van der Waals surface area (Å²) in [4.78, 5) is 32.6. The third-order valence-corrected chi connectivity index (χ3v) is 8.57. The molecule has 1 aromatic carbocycles. The molecule has 0 spiro atoms. The Bertz CT molecular complexity index is 1190. The van der Waals surface area contributed by atoms with Crippen LogP contribution in [0.25, 0.3) is 0 Å². The Morgan fingerprint density at radius 1 is 1.10 bits per heavy atom. The first kappa shape index (κ1) is 27.9. The van der Waals surface area contributed by atoms with E-state index in [1.165, 1.54) is 0 Å². The molecule has 11 heteroatoms. The monoisotopic (exact) mass is 561 g/mol. The van der Waals surface area contributed by atoms with E-state index >= 15 is 0 Å². The Hall–Kier alpha value is -2.69. The molecule has 1 aromatic heterocycles. The topological polar surface area (TPSA) is 91.1 Å². The van der Waals surface area contributed by atoms with E-state index in [1.807, 2.05) is 24.0 Å². The molecule has 2 amide bonds. The van der Waals surface area contributed by atoms with E-state index in [-0.39, 0.29) is 49.8 Å². The van der Waals surface area contributed by atoms with Gasteiger partial charge in [0.2, 0.25) is 5.91 Å². The molecule has 0 radical (unpaired) electrons. The minimum atomic E-state index is -1.02. The van der Waals surface area contributed by atoms with Crippen LogP contribution < -0.4 is 4.90 Å². The number of aromatic nitrogens is 2. The van der Waals surface area contributed by atoms with Crippen LogP contribution in [-0.4, -0.2) is 101 Å². The van der Waals surface area contributed by atoms with Crippen LogP contribution in [0.15, 0.2) is 18.2 Å². The molecule has 1 N–H and O–H groups in total. The van der Waals surface area contributed by atoms with E-state index < -0.39 is 6.17 Å². The predicted octanol–water partition coefficient (Wildman–Crippen LogP) is 2.63. The van der Waals surface area contributed by atoms with Gasteiger partial charge in [-0.3, -0.25) is 14.3 Å². The molecule has 1 aliphatic carbocycles. The summed E-state index contributed by atoms with van der Waals surface area (Å²) in [6.07, 6.45) is 1.34. The summed E-state index contributed by atoms with van der Waals surface area (Å²) in [6, 6.07) is 5.87. The van der Waals surface area contributed by atoms with Crippen LogP contribution in [-0.2, 0) is 28.9 Å². The van der Waals surface area contributed by atoms with Crippen molar-refractivity contribution >= 4 is 29.1 Å². The minimum Gasteiger partial charge on any atom is -0.394 e. The van der Waals surface area contributed by atoms with Crippen molar-refractivity contribution in [1.82, 2.24) is 19.6 Å². The molecular weight excluding hydrogens is 525 g/mol. The van der Waals surface area contributed by atoms with E-state index in [2.05, 4.69) is 16.1 Å². The number of fused-ring (bicyclic) bond motifs is 1. The lowest BCUT2D eigenvalue weighted by Gasteiger charge is -2.37. The number of hydrogen-bond donors (Lipinski definition) is 1. The quantitative estimate of drug-likeness (QED) is 0.559. The van der Waals surface area contributed by atoms with Crippen molar-refractivity contribution in [1.29, 1.82) is 0 Å². The SMILES string of the molecule is Cc1c(Cl)cccc1N1CCN(C(=O)Cn2nc(C(=O)N3CCC(OCCO)CC3)c3c2CCC(F)C3)CC1. The summed E-state index contributed by atoms with van der Waals surface area (Å²) in [5.41, 5.74) is 3.84. The first-order valence-electron chi connectivity index (χ1n) is 13.9. The molecule has 2 aliphatic heterocycles. The molecule has 3 aliphatic rings. The summed E-state index contributed by atoms with van der Waals surface area (Å²) in [7, 11) is 0. The van der Waals surface area contributed by atoms with Gasteiger partial charge in [-0.15, -0.1) is 0 Å². The summed E-state index contributed by atoms with van der Waals surface area (Å²) in [6.45, 7) is 5.92. The zero-order valence-electron chi connectivity index (χ0n) is 22.5. The highest BCUT2D eigenvalue weighted by molar-refractivity contribution is 6.31. The lowest BCUT2D eigenvalue weighted by Crippen LogP contribution is -2.50. The van der Waals surface area contributed by atoms with E-state index in [4.69, 9.17) is 21.4 Å². The molecule has 2 saturated heterocycles. The molecule has 3 heterocycles. The molecule has 212 valence electrons. The van der Waals surface area contributed by atoms with Crippen molar-refractivity contribution in [2.75, 3.05) is 57.4 Å². The highest BCUT2D eigenvalue weighted by atomic mass is 35.5. The van der Waals surface area contributed by atoms with E-state index in [1.54, 1.807) is 9.58 Å². The molecule has 0 bridgehead atoms. The second-order valence-electron chi connectivity index (χ2n) is 10.6. The van der Waals surface area contributed by atoms with Crippen LogP contribution in [0.3, 0.4) is 0 Å². The van der Waals surface area contributed by atoms with Gasteiger partial charge in [-0.2, -0.15) is 5.10 Å². The maximum atomic E-state index is 14.4. The smallest absolute Gasteiger partial charge is 0.274 e. The first-order valence-corrected chi connectivity index (χ1v) is 14.3. The first-order chi connectivity index (χ1) is 18.9. The molecule has 2 aromatic rings. The molecule has 1 atom stereocenters. The number of aliphatic hydroxyl groups excluding tert-OH is 1. The number of rotatable bonds is 7. The van der Waals surface area contributed by atoms with Crippen LogP contribution in [0.1, 0.15) is 46.6 Å². The Kier molecular flexibility index (Phi) is 8.73. The fourth-order valence-electron chi connectivity index (χ4n) is 5.91. The normalized spacial score (nSPS) is 20.3. The number of amides is 2. The highest BCUT2D eigenvalue weighted by Crippen LogP contribution is 2.29. The Labute approximate surface area is 233 Å². The number of carbonyl (C=O) groups is 2. The molecule has 5 rings (SSSR count). The second kappa shape index (κ2) is 12.2. The number of hydrogen-bond acceptors (Lipinski definition) is 6. The van der Waals surface area contributed by atoms with Crippen molar-refractivity contribution in [3.8, 4) is 0 Å². The van der Waals surface area contributed by atoms with Crippen molar-refractivity contribution < 1.29 is 23.8 Å². The van der Waals surface area contributed by atoms with Crippen molar-refractivity contribution in [2.45, 2.75) is 57.8 Å². The van der Waals surface area contributed by atoms with Crippen LogP contribution in [0.5, 0.6) is 0 Å². The summed E-state index contributed by atoms with van der Waals surface area (Å²) >= 11 is 6.30. The van der Waals surface area contributed by atoms with Gasteiger partial charge in [-0.1, -0.05) is 17.7 Å². The third kappa shape index (κ3) is 6.07. The fourth-order valence-corrected chi connectivity index (χ4v) is 6.08. The molecule has 1 unspecified atom stereocenters. The number of ether oxygens (including phenoxy) is 1. The van der Waals surface area contributed by atoms with E-state index in [0.717, 1.165) is 22.0 Å². The zero-order valence-corrected chi connectivity index (χ0v) is 23.2. The largest absolute Gasteiger partial charge is 0.394 e. The van der Waals surface area contributed by atoms with Crippen molar-refractivity contribution in [2.24, 2.45) is 0 Å². The van der Waals surface area contributed by atoms with Gasteiger partial charge in [0.05, 0.1) is 19.3 Å². The van der Waals surface area contributed by atoms with Gasteiger partial charge < -0.3 is 24.5 Å². The lowest BCUT2D eigenvalue weighted by atomic mass is 9.93. The molecule has 2 fully saturated rings. The number of nitrogens with zero attached hydrogens (tertiary/aromatic N) is 5. The fraction of sp³-hybridized carbons (Fsp3) is 0.607. The van der Waals surface area contributed by atoms with Crippen LogP contribution >= 0.6 is 11.6 Å². The average Bonchev–Trinajstić information content (AvgIpc) is 3.30. The van der Waals surface area contributed by atoms with Gasteiger partial charge in [0.15, 0.2) is 5.69 Å². The second-order valence-corrected chi connectivity index (χ2v) is 11.0. The number of halogens is 2. The third-order valence-electron chi connectivity index (χ3n) is 8.16. The highest BCUT2D eigenvalue weighted by Gasteiger charge is 2.34. The van der Waals surface area contributed by atoms with E-state index in [9.17, 15) is 14.0 Å². The maximum Gasteiger partial charge on any atom is 0.274 e. The summed E-state index contributed by atoms with van der Waals surface area (Å²) in [5, 5.41) is 14.3. The lowest BCUT2D eigenvalue weighted by molar-refractivity contribution is -0.132. The van der Waals surface area contributed by atoms with Crippen LogP contribution in [0, 0.1) is 6.92 Å². The predicted molar refractivity (Wildman–Crippen MR) is 146 cm³/mol. The van der Waals surface area contributed by atoms with Gasteiger partial charge in [0, 0.05) is 67.7 Å². The van der Waals surface area contributed by atoms with Gasteiger partial charge in [0.25, 0.3) is 5.91 Å². The van der Waals surface area contributed by atoms with Crippen molar-refractivity contribution in [3.05, 3.63) is 45.7 Å².